The molecule has 0 unspecified atom stereocenters. The average Bonchev–Trinajstić information content (AvgIpc) is 3.12. The van der Waals surface area contributed by atoms with Crippen LogP contribution in [0.15, 0.2) is 53.1 Å². The van der Waals surface area contributed by atoms with Crippen LogP contribution in [0.25, 0.3) is 22.3 Å². The molecule has 0 spiro atoms. The minimum atomic E-state index is -0.0928. The lowest BCUT2D eigenvalue weighted by Gasteiger charge is -2.13. The molecular formula is C22H20N4O2. The van der Waals surface area contributed by atoms with Crippen LogP contribution in [0.4, 0.5) is 5.69 Å². The van der Waals surface area contributed by atoms with Crippen LogP contribution in [0.5, 0.6) is 0 Å². The summed E-state index contributed by atoms with van der Waals surface area (Å²) in [6, 6.07) is 15.4. The normalized spacial score (nSPS) is 11.0. The average molecular weight is 372 g/mol. The highest BCUT2D eigenvalue weighted by atomic mass is 16.5. The Hall–Kier alpha value is -3.54. The Morgan fingerprint density at radius 3 is 2.64 bits per heavy atom. The van der Waals surface area contributed by atoms with E-state index in [1.807, 2.05) is 62.4 Å². The van der Waals surface area contributed by atoms with Crippen LogP contribution in [-0.4, -0.2) is 21.0 Å². The van der Waals surface area contributed by atoms with Gasteiger partial charge in [-0.15, -0.1) is 0 Å². The number of aromatic nitrogens is 3. The molecule has 0 fully saturated rings. The summed E-state index contributed by atoms with van der Waals surface area (Å²) in [4.78, 5) is 21.6. The van der Waals surface area contributed by atoms with Crippen molar-refractivity contribution >= 4 is 22.5 Å². The van der Waals surface area contributed by atoms with Gasteiger partial charge in [0.25, 0.3) is 0 Å². The van der Waals surface area contributed by atoms with Gasteiger partial charge in [0, 0.05) is 29.3 Å². The van der Waals surface area contributed by atoms with Gasteiger partial charge in [-0.25, -0.2) is 0 Å². The highest BCUT2D eigenvalue weighted by molar-refractivity contribution is 5.94. The molecule has 140 valence electrons. The second-order valence-electron chi connectivity index (χ2n) is 6.76. The SMILES string of the molecule is Cc1nc(-c2cccc(NC(=O)Cc3c(C)nc4ccccc4c3C)c2)no1. The maximum absolute atomic E-state index is 12.7. The van der Waals surface area contributed by atoms with Crippen molar-refractivity contribution in [3.63, 3.8) is 0 Å². The molecule has 0 bridgehead atoms. The van der Waals surface area contributed by atoms with Crippen LogP contribution >= 0.6 is 0 Å². The maximum atomic E-state index is 12.7. The second-order valence-corrected chi connectivity index (χ2v) is 6.76. The van der Waals surface area contributed by atoms with Crippen molar-refractivity contribution in [3.05, 3.63) is 71.2 Å². The number of para-hydroxylation sites is 1. The van der Waals surface area contributed by atoms with Crippen molar-refractivity contribution in [2.24, 2.45) is 0 Å². The fourth-order valence-electron chi connectivity index (χ4n) is 3.35. The van der Waals surface area contributed by atoms with Crippen molar-refractivity contribution in [1.29, 1.82) is 0 Å². The number of carbonyl (C=O) groups excluding carboxylic acids is 1. The molecule has 6 heteroatoms. The van der Waals surface area contributed by atoms with E-state index < -0.39 is 0 Å². The molecule has 28 heavy (non-hydrogen) atoms. The minimum Gasteiger partial charge on any atom is -0.339 e. The van der Waals surface area contributed by atoms with Crippen LogP contribution in [0.1, 0.15) is 22.7 Å². The summed E-state index contributed by atoms with van der Waals surface area (Å²) in [6.07, 6.45) is 0.265. The Labute approximate surface area is 162 Å². The monoisotopic (exact) mass is 372 g/mol. The first-order chi connectivity index (χ1) is 13.5. The summed E-state index contributed by atoms with van der Waals surface area (Å²) < 4.78 is 5.02. The summed E-state index contributed by atoms with van der Waals surface area (Å²) in [6.45, 7) is 5.73. The predicted octanol–water partition coefficient (Wildman–Crippen LogP) is 4.39. The topological polar surface area (TPSA) is 80.9 Å². The van der Waals surface area contributed by atoms with Gasteiger partial charge < -0.3 is 9.84 Å². The zero-order valence-electron chi connectivity index (χ0n) is 16.0. The van der Waals surface area contributed by atoms with E-state index in [2.05, 4.69) is 20.4 Å². The molecule has 0 saturated heterocycles. The summed E-state index contributed by atoms with van der Waals surface area (Å²) >= 11 is 0. The number of rotatable bonds is 4. The zero-order chi connectivity index (χ0) is 19.7. The number of pyridine rings is 1. The van der Waals surface area contributed by atoms with Crippen LogP contribution < -0.4 is 5.32 Å². The third-order valence-corrected chi connectivity index (χ3v) is 4.76. The third kappa shape index (κ3) is 3.49. The molecule has 2 aromatic heterocycles. The van der Waals surface area contributed by atoms with E-state index in [1.165, 1.54) is 0 Å². The number of hydrogen-bond acceptors (Lipinski definition) is 5. The van der Waals surface area contributed by atoms with Crippen LogP contribution in [0.3, 0.4) is 0 Å². The van der Waals surface area contributed by atoms with Gasteiger partial charge >= 0.3 is 0 Å². The van der Waals surface area contributed by atoms with Gasteiger partial charge in [0.1, 0.15) is 0 Å². The van der Waals surface area contributed by atoms with Gasteiger partial charge in [-0.05, 0) is 43.2 Å². The minimum absolute atomic E-state index is 0.0928. The van der Waals surface area contributed by atoms with Gasteiger partial charge in [0.15, 0.2) is 0 Å². The number of benzene rings is 2. The second kappa shape index (κ2) is 7.23. The van der Waals surface area contributed by atoms with E-state index in [0.717, 1.165) is 33.3 Å². The van der Waals surface area contributed by atoms with Crippen molar-refractivity contribution < 1.29 is 9.32 Å². The lowest BCUT2D eigenvalue weighted by molar-refractivity contribution is -0.115. The van der Waals surface area contributed by atoms with E-state index in [9.17, 15) is 4.79 Å². The first-order valence-electron chi connectivity index (χ1n) is 9.06. The number of anilines is 1. The van der Waals surface area contributed by atoms with E-state index in [0.29, 0.717) is 17.4 Å². The molecular weight excluding hydrogens is 352 g/mol. The highest BCUT2D eigenvalue weighted by Crippen LogP contribution is 2.24. The standard InChI is InChI=1S/C22H20N4O2/c1-13-18-9-4-5-10-20(18)23-14(2)19(13)12-21(27)25-17-8-6-7-16(11-17)22-24-15(3)28-26-22/h4-11H,12H2,1-3H3,(H,25,27). The van der Waals surface area contributed by atoms with E-state index in [4.69, 9.17) is 4.52 Å². The van der Waals surface area contributed by atoms with E-state index in [-0.39, 0.29) is 12.3 Å². The molecule has 0 atom stereocenters. The fourth-order valence-corrected chi connectivity index (χ4v) is 3.35. The quantitative estimate of drug-likeness (QED) is 0.574. The van der Waals surface area contributed by atoms with Gasteiger partial charge in [0.05, 0.1) is 11.9 Å². The van der Waals surface area contributed by atoms with Crippen LogP contribution in [0, 0.1) is 20.8 Å². The molecule has 0 radical (unpaired) electrons. The van der Waals surface area contributed by atoms with Crippen molar-refractivity contribution in [3.8, 4) is 11.4 Å². The Morgan fingerprint density at radius 2 is 1.86 bits per heavy atom. The summed E-state index contributed by atoms with van der Waals surface area (Å²) in [7, 11) is 0. The lowest BCUT2D eigenvalue weighted by Crippen LogP contribution is -2.16. The summed E-state index contributed by atoms with van der Waals surface area (Å²) in [5.74, 6) is 0.905. The largest absolute Gasteiger partial charge is 0.339 e. The Bertz CT molecular complexity index is 1180. The molecule has 1 N–H and O–H groups in total. The van der Waals surface area contributed by atoms with E-state index in [1.54, 1.807) is 6.92 Å². The lowest BCUT2D eigenvalue weighted by atomic mass is 9.99. The van der Waals surface area contributed by atoms with Crippen molar-refractivity contribution in [2.75, 3.05) is 5.32 Å². The smallest absolute Gasteiger partial charge is 0.228 e. The Kier molecular flexibility index (Phi) is 4.61. The van der Waals surface area contributed by atoms with E-state index >= 15 is 0 Å². The number of nitrogens with one attached hydrogen (secondary N) is 1. The molecule has 6 nitrogen and oxygen atoms in total. The van der Waals surface area contributed by atoms with Crippen molar-refractivity contribution in [2.45, 2.75) is 27.2 Å². The molecule has 4 aromatic rings. The first-order valence-corrected chi connectivity index (χ1v) is 9.06. The molecule has 0 aliphatic carbocycles. The fraction of sp³-hybridized carbons (Fsp3) is 0.182. The van der Waals surface area contributed by atoms with Gasteiger partial charge in [0.2, 0.25) is 17.6 Å². The van der Waals surface area contributed by atoms with Gasteiger partial charge in [-0.3, -0.25) is 9.78 Å². The number of nitrogens with zero attached hydrogens (tertiary/aromatic N) is 3. The molecule has 2 aromatic carbocycles. The summed E-state index contributed by atoms with van der Waals surface area (Å²) in [5.41, 5.74) is 5.35. The van der Waals surface area contributed by atoms with Gasteiger partial charge in [-0.1, -0.05) is 35.5 Å². The molecule has 2 heterocycles. The first kappa shape index (κ1) is 17.9. The highest BCUT2D eigenvalue weighted by Gasteiger charge is 2.14. The predicted molar refractivity (Wildman–Crippen MR) is 108 cm³/mol. The summed E-state index contributed by atoms with van der Waals surface area (Å²) in [5, 5.41) is 7.95. The van der Waals surface area contributed by atoms with Crippen LogP contribution in [0.2, 0.25) is 0 Å². The maximum Gasteiger partial charge on any atom is 0.228 e. The molecule has 4 rings (SSSR count). The number of amides is 1. The molecule has 0 saturated carbocycles. The third-order valence-electron chi connectivity index (χ3n) is 4.76. The number of fused-ring (bicyclic) bond motifs is 1. The zero-order valence-corrected chi connectivity index (χ0v) is 16.0. The van der Waals surface area contributed by atoms with Gasteiger partial charge in [-0.2, -0.15) is 4.98 Å². The molecule has 1 amide bonds. The Balaban J connectivity index is 1.56. The Morgan fingerprint density at radius 1 is 1.04 bits per heavy atom. The number of hydrogen-bond donors (Lipinski definition) is 1. The number of aryl methyl sites for hydroxylation is 3. The molecule has 0 aliphatic rings. The van der Waals surface area contributed by atoms with Crippen molar-refractivity contribution in [1.82, 2.24) is 15.1 Å². The number of carbonyl (C=O) groups is 1. The molecule has 0 aliphatic heterocycles. The van der Waals surface area contributed by atoms with Crippen LogP contribution in [-0.2, 0) is 11.2 Å².